The fraction of sp³-hybridized carbons (Fsp3) is 0.529. The molecule has 0 aliphatic carbocycles. The van der Waals surface area contributed by atoms with E-state index in [1.807, 2.05) is 25.1 Å². The van der Waals surface area contributed by atoms with Crippen LogP contribution in [0.2, 0.25) is 0 Å². The number of quaternary nitrogens is 1. The second kappa shape index (κ2) is 5.31. The molecule has 0 saturated carbocycles. The van der Waals surface area contributed by atoms with Crippen molar-refractivity contribution in [3.8, 4) is 0 Å². The first kappa shape index (κ1) is 15.1. The van der Waals surface area contributed by atoms with Gasteiger partial charge in [0.2, 0.25) is 5.54 Å². The predicted molar refractivity (Wildman–Crippen MR) is 88.0 cm³/mol. The van der Waals surface area contributed by atoms with Crippen LogP contribution >= 0.6 is 15.9 Å². The fourth-order valence-electron chi connectivity index (χ4n) is 4.80. The molecule has 2 saturated heterocycles. The van der Waals surface area contributed by atoms with Crippen LogP contribution in [0.15, 0.2) is 22.7 Å². The van der Waals surface area contributed by atoms with E-state index in [2.05, 4.69) is 21.2 Å². The van der Waals surface area contributed by atoms with Crippen molar-refractivity contribution >= 4 is 33.5 Å². The molecule has 5 nitrogen and oxygen atoms in total. The van der Waals surface area contributed by atoms with Gasteiger partial charge in [0, 0.05) is 29.3 Å². The van der Waals surface area contributed by atoms with Gasteiger partial charge in [-0.25, -0.2) is 0 Å². The van der Waals surface area contributed by atoms with Gasteiger partial charge in [0.05, 0.1) is 18.8 Å². The molecule has 4 atom stereocenters. The zero-order valence-corrected chi connectivity index (χ0v) is 14.6. The Morgan fingerprint density at radius 1 is 1.52 bits per heavy atom. The van der Waals surface area contributed by atoms with Gasteiger partial charge in [-0.3, -0.25) is 9.59 Å². The van der Waals surface area contributed by atoms with Crippen molar-refractivity contribution in [2.45, 2.75) is 37.8 Å². The van der Waals surface area contributed by atoms with Crippen LogP contribution in [0.5, 0.6) is 0 Å². The van der Waals surface area contributed by atoms with Gasteiger partial charge in [-0.05, 0) is 25.1 Å². The lowest BCUT2D eigenvalue weighted by molar-refractivity contribution is -0.947. The number of benzene rings is 1. The first-order chi connectivity index (χ1) is 11.1. The lowest BCUT2D eigenvalue weighted by atomic mass is 9.84. The first-order valence-corrected chi connectivity index (χ1v) is 9.01. The molecule has 3 aliphatic rings. The summed E-state index contributed by atoms with van der Waals surface area (Å²) in [7, 11) is 0. The van der Waals surface area contributed by atoms with E-state index in [0.29, 0.717) is 13.0 Å². The van der Waals surface area contributed by atoms with Crippen LogP contribution in [0.4, 0.5) is 5.69 Å². The number of halogens is 1. The van der Waals surface area contributed by atoms with Crippen molar-refractivity contribution in [1.29, 1.82) is 0 Å². The van der Waals surface area contributed by atoms with Crippen molar-refractivity contribution < 1.29 is 19.2 Å². The van der Waals surface area contributed by atoms with Gasteiger partial charge in [0.25, 0.3) is 5.91 Å². The summed E-state index contributed by atoms with van der Waals surface area (Å²) in [5.41, 5.74) is 1.25. The molecule has 6 heteroatoms. The van der Waals surface area contributed by atoms with E-state index in [1.165, 1.54) is 4.90 Å². The fourth-order valence-corrected chi connectivity index (χ4v) is 5.16. The van der Waals surface area contributed by atoms with E-state index in [4.69, 9.17) is 4.74 Å². The number of carbonyl (C=O) groups excluding carboxylic acids is 2. The number of rotatable bonds is 2. The Labute approximate surface area is 143 Å². The minimum absolute atomic E-state index is 0.0271. The van der Waals surface area contributed by atoms with Crippen LogP contribution < -0.4 is 10.2 Å². The standard InChI is InChI=1S/C17H19BrN2O3/c1-2-23-15(21)11-9-17(20-7-3-4-14(11)20)12-8-10(18)5-6-13(12)19-16(17)22/h5-6,8,11,14H,2-4,7,9H2,1H3,(H,19,22)/p+1/t11-,14+,17-/m1/s1. The maximum Gasteiger partial charge on any atom is 0.315 e. The number of anilines is 1. The molecule has 1 aromatic rings. The Hall–Kier alpha value is -1.40. The monoisotopic (exact) mass is 379 g/mol. The van der Waals surface area contributed by atoms with Gasteiger partial charge in [-0.2, -0.15) is 0 Å². The lowest BCUT2D eigenvalue weighted by Gasteiger charge is -2.29. The molecule has 1 amide bonds. The summed E-state index contributed by atoms with van der Waals surface area (Å²) in [5, 5.41) is 3.03. The summed E-state index contributed by atoms with van der Waals surface area (Å²) < 4.78 is 6.25. The third-order valence-electron chi connectivity index (χ3n) is 5.64. The molecule has 2 fully saturated rings. The highest BCUT2D eigenvalue weighted by molar-refractivity contribution is 9.10. The summed E-state index contributed by atoms with van der Waals surface area (Å²) in [6.45, 7) is 3.15. The van der Waals surface area contributed by atoms with Crippen LogP contribution in [-0.4, -0.2) is 31.1 Å². The Morgan fingerprint density at radius 2 is 2.35 bits per heavy atom. The molecule has 1 unspecified atom stereocenters. The summed E-state index contributed by atoms with van der Waals surface area (Å²) in [4.78, 5) is 26.6. The molecule has 3 aliphatic heterocycles. The quantitative estimate of drug-likeness (QED) is 0.759. The second-order valence-corrected chi connectivity index (χ2v) is 7.55. The zero-order valence-electron chi connectivity index (χ0n) is 13.0. The molecular weight excluding hydrogens is 360 g/mol. The van der Waals surface area contributed by atoms with E-state index in [1.54, 1.807) is 0 Å². The van der Waals surface area contributed by atoms with Crippen LogP contribution in [0.25, 0.3) is 0 Å². The molecule has 0 aromatic heterocycles. The Kier molecular flexibility index (Phi) is 3.50. The van der Waals surface area contributed by atoms with E-state index >= 15 is 0 Å². The predicted octanol–water partition coefficient (Wildman–Crippen LogP) is 1.23. The maximum absolute atomic E-state index is 12.9. The number of fused-ring (bicyclic) bond motifs is 4. The summed E-state index contributed by atoms with van der Waals surface area (Å²) in [5.74, 6) is -0.313. The maximum atomic E-state index is 12.9. The van der Waals surface area contributed by atoms with Crippen molar-refractivity contribution in [2.75, 3.05) is 18.5 Å². The minimum atomic E-state index is -0.641. The highest BCUT2D eigenvalue weighted by atomic mass is 79.9. The average Bonchev–Trinajstić information content (AvgIpc) is 3.16. The third-order valence-corrected chi connectivity index (χ3v) is 6.13. The smallest absolute Gasteiger partial charge is 0.315 e. The highest BCUT2D eigenvalue weighted by Crippen LogP contribution is 2.45. The minimum Gasteiger partial charge on any atom is -0.466 e. The molecule has 0 radical (unpaired) electrons. The number of carbonyl (C=O) groups is 2. The Balaban J connectivity index is 1.81. The molecule has 4 rings (SSSR count). The van der Waals surface area contributed by atoms with Gasteiger partial charge in [0.1, 0.15) is 12.0 Å². The third kappa shape index (κ3) is 2.01. The average molecular weight is 380 g/mol. The number of hydrogen-bond donors (Lipinski definition) is 2. The molecule has 1 aromatic carbocycles. The first-order valence-electron chi connectivity index (χ1n) is 8.22. The van der Waals surface area contributed by atoms with Gasteiger partial charge in [0.15, 0.2) is 0 Å². The summed E-state index contributed by atoms with van der Waals surface area (Å²) in [6.07, 6.45) is 2.58. The normalized spacial score (nSPS) is 34.3. The zero-order chi connectivity index (χ0) is 16.2. The van der Waals surface area contributed by atoms with E-state index in [-0.39, 0.29) is 23.8 Å². The largest absolute Gasteiger partial charge is 0.466 e. The number of esters is 1. The summed E-state index contributed by atoms with van der Waals surface area (Å²) in [6, 6.07) is 6.09. The second-order valence-electron chi connectivity index (χ2n) is 6.64. The van der Waals surface area contributed by atoms with Crippen LogP contribution in [0, 0.1) is 5.92 Å². The molecule has 122 valence electrons. The summed E-state index contributed by atoms with van der Waals surface area (Å²) >= 11 is 3.52. The van der Waals surface area contributed by atoms with Crippen molar-refractivity contribution in [1.82, 2.24) is 0 Å². The van der Waals surface area contributed by atoms with Gasteiger partial charge < -0.3 is 15.0 Å². The SMILES string of the molecule is CCOC(=O)[C@@H]1C[C@@]2(C(=O)Nc3ccc(Br)cc32)[NH+]2CCC[C@@H]12. The Morgan fingerprint density at radius 3 is 3.13 bits per heavy atom. The van der Waals surface area contributed by atoms with Gasteiger partial charge in [-0.15, -0.1) is 0 Å². The molecule has 2 N–H and O–H groups in total. The lowest BCUT2D eigenvalue weighted by Crippen LogP contribution is -3.19. The van der Waals surface area contributed by atoms with Crippen molar-refractivity contribution in [3.05, 3.63) is 28.2 Å². The molecule has 1 spiro atoms. The molecular formula is C17H20BrN2O3+. The molecule has 23 heavy (non-hydrogen) atoms. The number of ether oxygens (including phenoxy) is 1. The van der Waals surface area contributed by atoms with Gasteiger partial charge in [-0.1, -0.05) is 15.9 Å². The van der Waals surface area contributed by atoms with E-state index in [9.17, 15) is 9.59 Å². The van der Waals surface area contributed by atoms with Crippen LogP contribution in [0.3, 0.4) is 0 Å². The topological polar surface area (TPSA) is 59.8 Å². The van der Waals surface area contributed by atoms with Crippen molar-refractivity contribution in [2.24, 2.45) is 5.92 Å². The highest BCUT2D eigenvalue weighted by Gasteiger charge is 2.67. The van der Waals surface area contributed by atoms with Crippen LogP contribution in [0.1, 0.15) is 31.7 Å². The number of amides is 1. The molecule has 0 bridgehead atoms. The van der Waals surface area contributed by atoms with E-state index < -0.39 is 5.54 Å². The number of hydrogen-bond acceptors (Lipinski definition) is 3. The Bertz CT molecular complexity index is 692. The number of nitrogens with one attached hydrogen (secondary N) is 2. The van der Waals surface area contributed by atoms with E-state index in [0.717, 1.165) is 35.1 Å². The van der Waals surface area contributed by atoms with Crippen molar-refractivity contribution in [3.63, 3.8) is 0 Å². The van der Waals surface area contributed by atoms with Crippen LogP contribution in [-0.2, 0) is 19.9 Å². The van der Waals surface area contributed by atoms with Gasteiger partial charge >= 0.3 is 5.97 Å². The molecule has 3 heterocycles.